The number of sulfonamides is 1. The Kier molecular flexibility index (Phi) is 5.36. The molecular weight excluding hydrogens is 422 g/mol. The van der Waals surface area contributed by atoms with Crippen LogP contribution in [0.4, 0.5) is 5.69 Å². The molecule has 1 heterocycles. The summed E-state index contributed by atoms with van der Waals surface area (Å²) in [6, 6.07) is 3.25. The van der Waals surface area contributed by atoms with Crippen LogP contribution in [0.1, 0.15) is 12.8 Å². The number of nitrogens with two attached hydrogens (primary N) is 1. The van der Waals surface area contributed by atoms with Crippen molar-refractivity contribution < 1.29 is 8.42 Å². The summed E-state index contributed by atoms with van der Waals surface area (Å²) >= 11 is 6.65. The Morgan fingerprint density at radius 3 is 2.43 bits per heavy atom. The largest absolute Gasteiger partial charge is 0.399 e. The van der Waals surface area contributed by atoms with Gasteiger partial charge in [0.1, 0.15) is 4.90 Å². The second-order valence-corrected chi connectivity index (χ2v) is 9.02. The summed E-state index contributed by atoms with van der Waals surface area (Å²) in [4.78, 5) is 2.27. The number of hydrogen-bond donors (Lipinski definition) is 1. The summed E-state index contributed by atoms with van der Waals surface area (Å²) in [5, 5.41) is 0. The van der Waals surface area contributed by atoms with Gasteiger partial charge in [-0.15, -0.1) is 0 Å². The molecule has 0 spiro atoms. The number of nitrogen functional groups attached to an aromatic ring is 1. The molecule has 0 radical (unpaired) electrons. The molecule has 2 rings (SSSR count). The van der Waals surface area contributed by atoms with Crippen LogP contribution in [-0.2, 0) is 10.0 Å². The second kappa shape index (κ2) is 6.54. The van der Waals surface area contributed by atoms with Gasteiger partial charge in [-0.3, -0.25) is 0 Å². The molecule has 0 amide bonds. The minimum Gasteiger partial charge on any atom is -0.399 e. The van der Waals surface area contributed by atoms with Crippen LogP contribution in [0.25, 0.3) is 0 Å². The smallest absolute Gasteiger partial charge is 0.245 e. The van der Waals surface area contributed by atoms with Gasteiger partial charge < -0.3 is 10.6 Å². The molecular formula is C13H19Br2N3O2S. The maximum absolute atomic E-state index is 13.0. The first-order chi connectivity index (χ1) is 9.73. The van der Waals surface area contributed by atoms with E-state index in [-0.39, 0.29) is 10.9 Å². The van der Waals surface area contributed by atoms with E-state index in [1.807, 2.05) is 19.0 Å². The van der Waals surface area contributed by atoms with Crippen LogP contribution < -0.4 is 5.73 Å². The Labute approximate surface area is 142 Å². The number of anilines is 1. The molecule has 0 saturated carbocycles. The molecule has 0 aliphatic carbocycles. The molecule has 0 aromatic heterocycles. The molecule has 0 bridgehead atoms. The van der Waals surface area contributed by atoms with E-state index < -0.39 is 10.0 Å². The number of hydrogen-bond acceptors (Lipinski definition) is 4. The lowest BCUT2D eigenvalue weighted by atomic mass is 10.2. The minimum atomic E-state index is -3.55. The maximum atomic E-state index is 13.0. The highest BCUT2D eigenvalue weighted by Gasteiger charge is 2.37. The molecule has 1 unspecified atom stereocenters. The van der Waals surface area contributed by atoms with Crippen LogP contribution in [-0.4, -0.2) is 50.8 Å². The molecule has 1 aliphatic rings. The average molecular weight is 441 g/mol. The van der Waals surface area contributed by atoms with Crippen molar-refractivity contribution in [3.8, 4) is 0 Å². The fourth-order valence-electron chi connectivity index (χ4n) is 2.67. The summed E-state index contributed by atoms with van der Waals surface area (Å²) in [5.41, 5.74) is 6.26. The third kappa shape index (κ3) is 3.61. The highest BCUT2D eigenvalue weighted by Crippen LogP contribution is 2.36. The first kappa shape index (κ1) is 17.2. The van der Waals surface area contributed by atoms with Crippen LogP contribution in [0.2, 0.25) is 0 Å². The van der Waals surface area contributed by atoms with Crippen molar-refractivity contribution in [1.82, 2.24) is 9.21 Å². The van der Waals surface area contributed by atoms with Crippen LogP contribution in [0.15, 0.2) is 26.0 Å². The zero-order chi connectivity index (χ0) is 15.8. The van der Waals surface area contributed by atoms with Gasteiger partial charge in [-0.25, -0.2) is 8.42 Å². The normalized spacial score (nSPS) is 20.3. The standard InChI is InChI=1S/C13H19Br2N3O2S/c1-17(2)8-10-4-3-5-18(10)21(19,20)13-11(14)6-9(16)7-12(13)15/h6-7,10H,3-5,8,16H2,1-2H3. The summed E-state index contributed by atoms with van der Waals surface area (Å²) in [6.07, 6.45) is 1.78. The zero-order valence-electron chi connectivity index (χ0n) is 12.0. The molecule has 1 fully saturated rings. The Morgan fingerprint density at radius 1 is 1.33 bits per heavy atom. The molecule has 1 saturated heterocycles. The molecule has 2 N–H and O–H groups in total. The Hall–Kier alpha value is -0.150. The van der Waals surface area contributed by atoms with Gasteiger partial charge in [0.05, 0.1) is 0 Å². The number of benzene rings is 1. The molecule has 1 aromatic rings. The molecule has 118 valence electrons. The van der Waals surface area contributed by atoms with Crippen LogP contribution in [0, 0.1) is 0 Å². The van der Waals surface area contributed by atoms with Crippen molar-refractivity contribution in [2.45, 2.75) is 23.8 Å². The highest BCUT2D eigenvalue weighted by molar-refractivity contribution is 9.11. The van der Waals surface area contributed by atoms with E-state index in [2.05, 4.69) is 31.9 Å². The molecule has 1 atom stereocenters. The van der Waals surface area contributed by atoms with Gasteiger partial charge >= 0.3 is 0 Å². The third-order valence-electron chi connectivity index (χ3n) is 3.49. The Morgan fingerprint density at radius 2 is 1.90 bits per heavy atom. The van der Waals surface area contributed by atoms with Crippen molar-refractivity contribution in [2.75, 3.05) is 32.9 Å². The summed E-state index contributed by atoms with van der Waals surface area (Å²) in [6.45, 7) is 1.29. The van der Waals surface area contributed by atoms with E-state index in [0.717, 1.165) is 19.4 Å². The predicted octanol–water partition coefficient (Wildman–Crippen LogP) is 2.51. The second-order valence-electron chi connectivity index (χ2n) is 5.49. The first-order valence-corrected chi connectivity index (χ1v) is 9.67. The average Bonchev–Trinajstić information content (AvgIpc) is 2.74. The van der Waals surface area contributed by atoms with Gasteiger partial charge in [-0.05, 0) is 70.9 Å². The van der Waals surface area contributed by atoms with E-state index in [9.17, 15) is 8.42 Å². The van der Waals surface area contributed by atoms with E-state index in [0.29, 0.717) is 21.2 Å². The topological polar surface area (TPSA) is 66.6 Å². The van der Waals surface area contributed by atoms with Gasteiger partial charge in [-0.2, -0.15) is 4.31 Å². The number of halogens is 2. The maximum Gasteiger partial charge on any atom is 0.245 e. The van der Waals surface area contributed by atoms with E-state index in [4.69, 9.17) is 5.73 Å². The molecule has 21 heavy (non-hydrogen) atoms. The van der Waals surface area contributed by atoms with Crippen molar-refractivity contribution >= 4 is 47.6 Å². The van der Waals surface area contributed by atoms with Crippen molar-refractivity contribution in [3.63, 3.8) is 0 Å². The zero-order valence-corrected chi connectivity index (χ0v) is 16.0. The number of nitrogens with zero attached hydrogens (tertiary/aromatic N) is 2. The summed E-state index contributed by atoms with van der Waals surface area (Å²) in [5.74, 6) is 0. The quantitative estimate of drug-likeness (QED) is 0.730. The first-order valence-electron chi connectivity index (χ1n) is 6.64. The lowest BCUT2D eigenvalue weighted by Crippen LogP contribution is -2.41. The van der Waals surface area contributed by atoms with Gasteiger partial charge in [-0.1, -0.05) is 0 Å². The third-order valence-corrected chi connectivity index (χ3v) is 7.32. The number of rotatable bonds is 4. The van der Waals surface area contributed by atoms with Crippen LogP contribution in [0.3, 0.4) is 0 Å². The van der Waals surface area contributed by atoms with E-state index in [1.54, 1.807) is 16.4 Å². The SMILES string of the molecule is CN(C)CC1CCCN1S(=O)(=O)c1c(Br)cc(N)cc1Br. The minimum absolute atomic E-state index is 0.0151. The van der Waals surface area contributed by atoms with Gasteiger partial charge in [0, 0.05) is 33.8 Å². The highest BCUT2D eigenvalue weighted by atomic mass is 79.9. The van der Waals surface area contributed by atoms with E-state index >= 15 is 0 Å². The van der Waals surface area contributed by atoms with Crippen LogP contribution in [0.5, 0.6) is 0 Å². The molecule has 8 heteroatoms. The molecule has 1 aliphatic heterocycles. The van der Waals surface area contributed by atoms with Gasteiger partial charge in [0.15, 0.2) is 0 Å². The Balaban J connectivity index is 2.43. The Bertz CT molecular complexity index is 611. The van der Waals surface area contributed by atoms with Crippen molar-refractivity contribution in [1.29, 1.82) is 0 Å². The van der Waals surface area contributed by atoms with E-state index in [1.165, 1.54) is 0 Å². The van der Waals surface area contributed by atoms with Crippen molar-refractivity contribution in [2.24, 2.45) is 0 Å². The molecule has 5 nitrogen and oxygen atoms in total. The van der Waals surface area contributed by atoms with Gasteiger partial charge in [0.25, 0.3) is 0 Å². The fraction of sp³-hybridized carbons (Fsp3) is 0.538. The number of likely N-dealkylation sites (N-methyl/N-ethyl adjacent to an activating group) is 1. The monoisotopic (exact) mass is 439 g/mol. The molecule has 1 aromatic carbocycles. The fourth-order valence-corrected chi connectivity index (χ4v) is 6.90. The lowest BCUT2D eigenvalue weighted by Gasteiger charge is -2.27. The predicted molar refractivity (Wildman–Crippen MR) is 91.7 cm³/mol. The van der Waals surface area contributed by atoms with Crippen molar-refractivity contribution in [3.05, 3.63) is 21.1 Å². The van der Waals surface area contributed by atoms with Crippen LogP contribution >= 0.6 is 31.9 Å². The summed E-state index contributed by atoms with van der Waals surface area (Å²) in [7, 11) is 0.359. The summed E-state index contributed by atoms with van der Waals surface area (Å²) < 4.78 is 28.6. The lowest BCUT2D eigenvalue weighted by molar-refractivity contribution is 0.291. The van der Waals surface area contributed by atoms with Gasteiger partial charge in [0.2, 0.25) is 10.0 Å².